The van der Waals surface area contributed by atoms with Gasteiger partial charge in [-0.1, -0.05) is 0 Å². The second-order valence-electron chi connectivity index (χ2n) is 9.58. The molecule has 2 heterocycles. The lowest BCUT2D eigenvalue weighted by Crippen LogP contribution is -2.67. The Bertz CT molecular complexity index is 2260. The van der Waals surface area contributed by atoms with Gasteiger partial charge in [0, 0.05) is 0 Å². The van der Waals surface area contributed by atoms with Crippen molar-refractivity contribution >= 4 is 83.2 Å². The Morgan fingerprint density at radius 2 is 0.600 bits per heavy atom. The van der Waals surface area contributed by atoms with Gasteiger partial charge in [0.05, 0.1) is 13.2 Å². The molecule has 0 unspecified atom stereocenters. The van der Waals surface area contributed by atoms with Gasteiger partial charge in [0.25, 0.3) is 0 Å². The Morgan fingerprint density at radius 1 is 0.327 bits per heavy atom. The van der Waals surface area contributed by atoms with E-state index in [4.69, 9.17) is 27.9 Å². The van der Waals surface area contributed by atoms with Crippen LogP contribution in [0.15, 0.2) is 0 Å². The maximum absolute atomic E-state index is 11.8. The van der Waals surface area contributed by atoms with Gasteiger partial charge in [0.2, 0.25) is 6.29 Å². The first kappa shape index (κ1) is 50.0. The van der Waals surface area contributed by atoms with E-state index in [2.05, 4.69) is 33.5 Å². The molecule has 8 N–H and O–H groups in total. The van der Waals surface area contributed by atoms with Crippen LogP contribution in [-0.2, 0) is 131 Å². The SMILES string of the molecule is O=S(=O)(O)OC[C@H]1O[C@@H](OS(=O)(=O)O)[C@H](OS(=O)(=O)O)[C@@H](OS(=O)(=O)O)[C@@H]1O[C@H]1O[C@H](COS(=O)(=O)O)[C@@H](OS(=O)(=O)O)[C@H](OS(=O)(=O)O)[C@H]1OS(=O)(=O)O. The molecule has 328 valence electrons. The smallest absolute Gasteiger partial charge is 0.341 e. The van der Waals surface area contributed by atoms with E-state index in [9.17, 15) is 90.1 Å². The summed E-state index contributed by atoms with van der Waals surface area (Å²) in [5.41, 5.74) is 0. The highest BCUT2D eigenvalue weighted by Crippen LogP contribution is 2.37. The minimum atomic E-state index is -6.20. The molecule has 2 saturated heterocycles. The van der Waals surface area contributed by atoms with E-state index in [1.807, 2.05) is 0 Å². The molecular weight excluding hydrogens is 961 g/mol. The average Bonchev–Trinajstić information content (AvgIpc) is 2.88. The Balaban J connectivity index is 3.02. The van der Waals surface area contributed by atoms with Crippen LogP contribution >= 0.6 is 0 Å². The molecule has 0 aromatic carbocycles. The molecule has 2 aliphatic heterocycles. The molecule has 0 aromatic rings. The van der Waals surface area contributed by atoms with E-state index in [-0.39, 0.29) is 0 Å². The van der Waals surface area contributed by atoms with Crippen LogP contribution in [0.2, 0.25) is 0 Å². The number of hydrogen-bond acceptors (Lipinski definition) is 27. The number of ether oxygens (including phenoxy) is 3. The van der Waals surface area contributed by atoms with Gasteiger partial charge in [-0.25, -0.2) is 33.5 Å². The summed E-state index contributed by atoms with van der Waals surface area (Å²) in [6.07, 6.45) is -32.1. The van der Waals surface area contributed by atoms with Gasteiger partial charge < -0.3 is 14.2 Å². The second-order valence-corrected chi connectivity index (χ2v) is 18.0. The van der Waals surface area contributed by atoms with Crippen LogP contribution in [-0.4, -0.2) is 178 Å². The van der Waals surface area contributed by atoms with Crippen LogP contribution in [0.1, 0.15) is 0 Å². The molecule has 2 fully saturated rings. The molecular formula is C12H22O35S8. The van der Waals surface area contributed by atoms with E-state index in [0.717, 1.165) is 0 Å². The zero-order valence-corrected chi connectivity index (χ0v) is 31.6. The third kappa shape index (κ3) is 19.0. The quantitative estimate of drug-likeness (QED) is 0.0526. The van der Waals surface area contributed by atoms with Crippen LogP contribution < -0.4 is 0 Å². The molecule has 0 amide bonds. The summed E-state index contributed by atoms with van der Waals surface area (Å²) in [5, 5.41) is 0. The Kier molecular flexibility index (Phi) is 16.0. The van der Waals surface area contributed by atoms with Crippen molar-refractivity contribution in [2.24, 2.45) is 0 Å². The van der Waals surface area contributed by atoms with Gasteiger partial charge in [0.15, 0.2) is 18.5 Å². The van der Waals surface area contributed by atoms with E-state index in [0.29, 0.717) is 0 Å². The summed E-state index contributed by atoms with van der Waals surface area (Å²) in [5.74, 6) is 0. The molecule has 10 atom stereocenters. The van der Waals surface area contributed by atoms with Gasteiger partial charge in [-0.05, 0) is 0 Å². The lowest BCUT2D eigenvalue weighted by Gasteiger charge is -2.47. The summed E-state index contributed by atoms with van der Waals surface area (Å²) in [7, 11) is -48.2. The van der Waals surface area contributed by atoms with Crippen molar-refractivity contribution < 1.29 is 151 Å². The van der Waals surface area contributed by atoms with Gasteiger partial charge in [-0.3, -0.25) is 36.4 Å². The molecule has 0 aromatic heterocycles. The van der Waals surface area contributed by atoms with E-state index < -0.39 is 158 Å². The topological polar surface area (TPSA) is 536 Å². The second kappa shape index (κ2) is 17.6. The van der Waals surface area contributed by atoms with Crippen LogP contribution in [0, 0.1) is 0 Å². The van der Waals surface area contributed by atoms with Crippen molar-refractivity contribution in [3.05, 3.63) is 0 Å². The predicted octanol–water partition coefficient (Wildman–Crippen LogP) is -6.78. The van der Waals surface area contributed by atoms with Crippen molar-refractivity contribution in [3.8, 4) is 0 Å². The molecule has 2 rings (SSSR count). The van der Waals surface area contributed by atoms with Crippen LogP contribution in [0.25, 0.3) is 0 Å². The van der Waals surface area contributed by atoms with Crippen molar-refractivity contribution in [3.63, 3.8) is 0 Å². The lowest BCUT2D eigenvalue weighted by atomic mass is 9.97. The highest BCUT2D eigenvalue weighted by atomic mass is 32.3. The summed E-state index contributed by atoms with van der Waals surface area (Å²) in [6, 6.07) is 0. The van der Waals surface area contributed by atoms with E-state index in [1.54, 1.807) is 0 Å². The zero-order chi connectivity index (χ0) is 43.0. The highest BCUT2D eigenvalue weighted by molar-refractivity contribution is 7.82. The Morgan fingerprint density at radius 3 is 0.945 bits per heavy atom. The fourth-order valence-corrected chi connectivity index (χ4v) is 7.68. The first-order valence-corrected chi connectivity index (χ1v) is 23.3. The standard InChI is InChI=1S/C12H22O35S8/c13-48(14,15)37-1-3-5(7(43-51(22,23)24)10(46-54(31,32)33)12(40-3)47-55(34,35)36)41-11-9(45-53(28,29)30)8(44-52(25,26)27)6(42-50(19,20)21)4(39-11)2-38-49(16,17)18/h3-12H,1-2H2,(H,13,14,15)(H,16,17,18)(H,19,20,21)(H,22,23,24)(H,25,26,27)(H,28,29,30)(H,31,32,33)(H,34,35,36)/t3-,4-,5-,6-,7+,8+,9-,10-,11-,12+/m1/s1. The fraction of sp³-hybridized carbons (Fsp3) is 1.00. The van der Waals surface area contributed by atoms with E-state index in [1.165, 1.54) is 0 Å². The normalized spacial score (nSPS) is 30.9. The fourth-order valence-electron chi connectivity index (χ4n) is 4.20. The molecule has 0 radical (unpaired) electrons. The maximum atomic E-state index is 11.8. The molecule has 0 saturated carbocycles. The lowest BCUT2D eigenvalue weighted by molar-refractivity contribution is -0.341. The summed E-state index contributed by atoms with van der Waals surface area (Å²) in [4.78, 5) is 0. The first-order valence-electron chi connectivity index (χ1n) is 12.3. The zero-order valence-electron chi connectivity index (χ0n) is 25.1. The first-order chi connectivity index (χ1) is 24.2. The third-order valence-electron chi connectivity index (χ3n) is 5.62. The van der Waals surface area contributed by atoms with E-state index >= 15 is 0 Å². The minimum Gasteiger partial charge on any atom is -0.341 e. The van der Waals surface area contributed by atoms with Gasteiger partial charge in [-0.2, -0.15) is 67.3 Å². The van der Waals surface area contributed by atoms with Gasteiger partial charge in [-0.15, -0.1) is 0 Å². The van der Waals surface area contributed by atoms with Crippen molar-refractivity contribution in [2.75, 3.05) is 13.2 Å². The molecule has 0 aliphatic carbocycles. The van der Waals surface area contributed by atoms with Crippen LogP contribution in [0.5, 0.6) is 0 Å². The van der Waals surface area contributed by atoms with Gasteiger partial charge >= 0.3 is 83.2 Å². The summed E-state index contributed by atoms with van der Waals surface area (Å²) in [6.45, 7) is -3.87. The Labute approximate surface area is 308 Å². The maximum Gasteiger partial charge on any atom is 0.399 e. The molecule has 43 heteroatoms. The molecule has 2 aliphatic rings. The molecule has 35 nitrogen and oxygen atoms in total. The number of hydrogen-bond donors (Lipinski definition) is 8. The Hall–Kier alpha value is -1.16. The molecule has 55 heavy (non-hydrogen) atoms. The summed E-state index contributed by atoms with van der Waals surface area (Å²) < 4.78 is 306. The third-order valence-corrected chi connectivity index (χ3v) is 9.24. The molecule has 0 bridgehead atoms. The van der Waals surface area contributed by atoms with Crippen molar-refractivity contribution in [1.82, 2.24) is 0 Å². The monoisotopic (exact) mass is 982 g/mol. The van der Waals surface area contributed by atoms with Crippen molar-refractivity contribution in [1.29, 1.82) is 0 Å². The predicted molar refractivity (Wildman–Crippen MR) is 152 cm³/mol. The number of rotatable bonds is 20. The highest BCUT2D eigenvalue weighted by Gasteiger charge is 2.59. The minimum absolute atomic E-state index is 1.93. The van der Waals surface area contributed by atoms with Gasteiger partial charge in [0.1, 0.15) is 36.6 Å². The van der Waals surface area contributed by atoms with Crippen LogP contribution in [0.3, 0.4) is 0 Å². The summed E-state index contributed by atoms with van der Waals surface area (Å²) >= 11 is 0. The van der Waals surface area contributed by atoms with Crippen LogP contribution in [0.4, 0.5) is 0 Å². The molecule has 0 spiro atoms. The van der Waals surface area contributed by atoms with Crippen molar-refractivity contribution in [2.45, 2.75) is 61.4 Å². The average molecular weight is 983 g/mol. The largest absolute Gasteiger partial charge is 0.399 e.